The molecule has 1 nitrogen and oxygen atoms in total. The summed E-state index contributed by atoms with van der Waals surface area (Å²) < 4.78 is 0. The normalized spacial score (nSPS) is 19.6. The molecule has 5 aromatic carbocycles. The molecule has 0 saturated carbocycles. The Balaban J connectivity index is 1.05. The van der Waals surface area contributed by atoms with E-state index in [1.807, 2.05) is 0 Å². The topological polar surface area (TPSA) is 15.8 Å². The largest absolute Gasteiger partial charge is 0.361 e. The molecular formula is C51H47N. The van der Waals surface area contributed by atoms with Gasteiger partial charge in [-0.05, 0) is 123 Å². The molecule has 0 amide bonds. The van der Waals surface area contributed by atoms with Crippen LogP contribution in [0.1, 0.15) is 86.2 Å². The Bertz CT molecular complexity index is 2270. The first-order valence-corrected chi connectivity index (χ1v) is 19.2. The highest BCUT2D eigenvalue weighted by atomic mass is 14.7. The molecule has 3 atom stereocenters. The minimum atomic E-state index is -0.0690. The van der Waals surface area contributed by atoms with Crippen LogP contribution in [-0.2, 0) is 5.41 Å². The Morgan fingerprint density at radius 2 is 1.25 bits per heavy atom. The summed E-state index contributed by atoms with van der Waals surface area (Å²) in [4.78, 5) is 3.73. The van der Waals surface area contributed by atoms with Crippen LogP contribution in [0.5, 0.6) is 0 Å². The van der Waals surface area contributed by atoms with Crippen molar-refractivity contribution in [2.45, 2.75) is 63.7 Å². The highest BCUT2D eigenvalue weighted by molar-refractivity contribution is 5.83. The molecule has 3 unspecified atom stereocenters. The number of benzene rings is 5. The molecular weight excluding hydrogens is 627 g/mol. The highest BCUT2D eigenvalue weighted by Gasteiger charge is 2.42. The lowest BCUT2D eigenvalue weighted by atomic mass is 9.77. The van der Waals surface area contributed by atoms with Gasteiger partial charge in [-0.3, -0.25) is 0 Å². The van der Waals surface area contributed by atoms with Crippen LogP contribution in [0.25, 0.3) is 39.0 Å². The molecule has 3 aliphatic rings. The van der Waals surface area contributed by atoms with Gasteiger partial charge in [0, 0.05) is 29.1 Å². The monoisotopic (exact) mass is 673 g/mol. The van der Waals surface area contributed by atoms with Crippen molar-refractivity contribution >= 4 is 5.57 Å². The van der Waals surface area contributed by atoms with E-state index in [0.29, 0.717) is 11.8 Å². The van der Waals surface area contributed by atoms with E-state index >= 15 is 0 Å². The Hall–Kier alpha value is -5.40. The number of rotatable bonds is 7. The average molecular weight is 674 g/mol. The Morgan fingerprint density at radius 1 is 0.615 bits per heavy atom. The number of allylic oxidation sites excluding steroid dienone is 6. The smallest absolute Gasteiger partial charge is 0.0453 e. The molecule has 0 fully saturated rings. The molecule has 0 bridgehead atoms. The molecule has 9 rings (SSSR count). The highest BCUT2D eigenvalue weighted by Crippen LogP contribution is 2.55. The summed E-state index contributed by atoms with van der Waals surface area (Å²) in [6, 6.07) is 49.4. The molecule has 1 heterocycles. The van der Waals surface area contributed by atoms with E-state index in [4.69, 9.17) is 0 Å². The number of nitrogens with one attached hydrogen (secondary N) is 1. The maximum atomic E-state index is 3.73. The number of aromatic amines is 1. The number of fused-ring (bicyclic) bond motifs is 3. The third-order valence-electron chi connectivity index (χ3n) is 12.1. The van der Waals surface area contributed by atoms with Gasteiger partial charge in [-0.15, -0.1) is 0 Å². The fourth-order valence-corrected chi connectivity index (χ4v) is 9.18. The number of hydrogen-bond acceptors (Lipinski definition) is 0. The van der Waals surface area contributed by atoms with Crippen molar-refractivity contribution < 1.29 is 0 Å². The number of H-pyrrole nitrogens is 1. The third kappa shape index (κ3) is 5.93. The molecule has 0 spiro atoms. The van der Waals surface area contributed by atoms with E-state index in [9.17, 15) is 0 Å². The van der Waals surface area contributed by atoms with Crippen molar-refractivity contribution in [2.24, 2.45) is 5.92 Å². The predicted molar refractivity (Wildman–Crippen MR) is 219 cm³/mol. The van der Waals surface area contributed by atoms with Crippen LogP contribution in [0, 0.1) is 5.92 Å². The second-order valence-electron chi connectivity index (χ2n) is 15.9. The number of hydrogen-bond donors (Lipinski definition) is 1. The van der Waals surface area contributed by atoms with Gasteiger partial charge in [0.05, 0.1) is 0 Å². The first-order valence-electron chi connectivity index (χ1n) is 19.2. The molecule has 3 aliphatic carbocycles. The van der Waals surface area contributed by atoms with Crippen LogP contribution in [-0.4, -0.2) is 4.98 Å². The van der Waals surface area contributed by atoms with E-state index in [1.54, 1.807) is 5.57 Å². The minimum Gasteiger partial charge on any atom is -0.361 e. The molecule has 1 aromatic heterocycles. The van der Waals surface area contributed by atoms with Crippen molar-refractivity contribution in [3.63, 3.8) is 0 Å². The van der Waals surface area contributed by atoms with Crippen molar-refractivity contribution in [3.05, 3.63) is 197 Å². The van der Waals surface area contributed by atoms with Crippen LogP contribution in [0.15, 0.2) is 169 Å². The fourth-order valence-electron chi connectivity index (χ4n) is 9.18. The van der Waals surface area contributed by atoms with E-state index in [0.717, 1.165) is 12.3 Å². The van der Waals surface area contributed by atoms with Gasteiger partial charge in [0.2, 0.25) is 0 Å². The first-order chi connectivity index (χ1) is 25.4. The van der Waals surface area contributed by atoms with Gasteiger partial charge in [-0.25, -0.2) is 0 Å². The van der Waals surface area contributed by atoms with Gasteiger partial charge in [-0.2, -0.15) is 0 Å². The van der Waals surface area contributed by atoms with E-state index in [2.05, 4.69) is 184 Å². The summed E-state index contributed by atoms with van der Waals surface area (Å²) in [7, 11) is 0. The van der Waals surface area contributed by atoms with Crippen LogP contribution in [0.3, 0.4) is 0 Å². The molecule has 1 heteroatoms. The summed E-state index contributed by atoms with van der Waals surface area (Å²) in [5.41, 5.74) is 18.8. The van der Waals surface area contributed by atoms with E-state index in [1.165, 1.54) is 91.7 Å². The van der Waals surface area contributed by atoms with E-state index < -0.39 is 0 Å². The summed E-state index contributed by atoms with van der Waals surface area (Å²) in [5, 5.41) is 0. The van der Waals surface area contributed by atoms with Gasteiger partial charge >= 0.3 is 0 Å². The van der Waals surface area contributed by atoms with Crippen LogP contribution in [0.2, 0.25) is 0 Å². The Morgan fingerprint density at radius 3 is 1.88 bits per heavy atom. The summed E-state index contributed by atoms with van der Waals surface area (Å²) >= 11 is 0. The zero-order chi connectivity index (χ0) is 35.2. The SMILES string of the molecule is CC1CC=C(C(c2ccccc2)c2c[nH]c(C3=CCC4C(=C3)C(C)(C)c3cc(-c5cc(-c6ccccc6)cc(-c6ccccc6)c5)ccc34)c2)CC1. The lowest BCUT2D eigenvalue weighted by Gasteiger charge is -2.27. The molecule has 0 radical (unpaired) electrons. The van der Waals surface area contributed by atoms with Gasteiger partial charge in [-0.1, -0.05) is 153 Å². The second kappa shape index (κ2) is 13.3. The second-order valence-corrected chi connectivity index (χ2v) is 15.9. The first kappa shape index (κ1) is 32.5. The van der Waals surface area contributed by atoms with Gasteiger partial charge in [0.15, 0.2) is 0 Å². The number of aromatic nitrogens is 1. The van der Waals surface area contributed by atoms with Crippen molar-refractivity contribution in [1.82, 2.24) is 4.98 Å². The maximum Gasteiger partial charge on any atom is 0.0453 e. The van der Waals surface area contributed by atoms with E-state index in [-0.39, 0.29) is 5.41 Å². The molecule has 52 heavy (non-hydrogen) atoms. The quantitative estimate of drug-likeness (QED) is 0.162. The predicted octanol–water partition coefficient (Wildman–Crippen LogP) is 13.7. The molecule has 0 aliphatic heterocycles. The summed E-state index contributed by atoms with van der Waals surface area (Å²) in [6.45, 7) is 7.24. The lowest BCUT2D eigenvalue weighted by molar-refractivity contribution is 0.504. The minimum absolute atomic E-state index is 0.0690. The molecule has 1 N–H and O–H groups in total. The van der Waals surface area contributed by atoms with Crippen LogP contribution < -0.4 is 0 Å². The van der Waals surface area contributed by atoms with Crippen molar-refractivity contribution in [3.8, 4) is 33.4 Å². The zero-order valence-corrected chi connectivity index (χ0v) is 30.6. The summed E-state index contributed by atoms with van der Waals surface area (Å²) in [5.74, 6) is 1.49. The van der Waals surface area contributed by atoms with Gasteiger partial charge in [0.25, 0.3) is 0 Å². The van der Waals surface area contributed by atoms with Gasteiger partial charge < -0.3 is 4.98 Å². The Kier molecular flexibility index (Phi) is 8.31. The van der Waals surface area contributed by atoms with Gasteiger partial charge in [0.1, 0.15) is 0 Å². The fraction of sp³-hybridized carbons (Fsp3) is 0.216. The van der Waals surface area contributed by atoms with Crippen LogP contribution in [0.4, 0.5) is 0 Å². The molecule has 256 valence electrons. The zero-order valence-electron chi connectivity index (χ0n) is 30.6. The van der Waals surface area contributed by atoms with Crippen LogP contribution >= 0.6 is 0 Å². The van der Waals surface area contributed by atoms with Crippen molar-refractivity contribution in [2.75, 3.05) is 0 Å². The lowest BCUT2D eigenvalue weighted by Crippen LogP contribution is -2.18. The standard InChI is InChI=1S/C51H47N/c1-34-19-21-38(22-20-34)50(37-17-11-6-12-18-37)44-32-49(52-33-44)40-24-26-46-45-25-23-39(30-47(45)51(2,3)48(46)31-40)43-28-41(35-13-7-4-8-14-35)27-42(29-43)36-15-9-5-10-16-36/h4-18,21,23-25,27-34,46,50,52H,19-20,22,26H2,1-3H3. The Labute approximate surface area is 309 Å². The molecule has 0 saturated heterocycles. The van der Waals surface area contributed by atoms with Crippen molar-refractivity contribution in [1.29, 1.82) is 0 Å². The third-order valence-corrected chi connectivity index (χ3v) is 12.1. The maximum absolute atomic E-state index is 3.73. The molecule has 6 aromatic rings. The average Bonchev–Trinajstić information content (AvgIpc) is 3.77. The summed E-state index contributed by atoms with van der Waals surface area (Å²) in [6.07, 6.45) is 14.4.